The number of nitrogen functional groups attached to an aromatic ring is 1. The molecule has 3 aromatic rings. The average Bonchev–Trinajstić information content (AvgIpc) is 2.75. The second-order valence-electron chi connectivity index (χ2n) is 3.94. The fraction of sp³-hybridized carbons (Fsp3) is 0. The molecule has 3 rings (SSSR count). The molecule has 0 bridgehead atoms. The second kappa shape index (κ2) is 4.19. The van der Waals surface area contributed by atoms with Crippen molar-refractivity contribution in [3.63, 3.8) is 0 Å². The topological polar surface area (TPSA) is 54.7 Å². The van der Waals surface area contributed by atoms with E-state index in [0.29, 0.717) is 21.4 Å². The molecule has 0 aliphatic carbocycles. The predicted molar refractivity (Wildman–Crippen MR) is 76.0 cm³/mol. The Morgan fingerprint density at radius 3 is 2.39 bits per heavy atom. The Balaban J connectivity index is 2.36. The van der Waals surface area contributed by atoms with Gasteiger partial charge >= 0.3 is 0 Å². The summed E-state index contributed by atoms with van der Waals surface area (Å²) in [4.78, 5) is 0. The van der Waals surface area contributed by atoms with Crippen LogP contribution in [0.4, 0.5) is 5.69 Å². The zero-order valence-electron chi connectivity index (χ0n) is 9.24. The molecule has 1 aromatic heterocycles. The van der Waals surface area contributed by atoms with Gasteiger partial charge in [0.25, 0.3) is 0 Å². The van der Waals surface area contributed by atoms with Crippen LogP contribution in [0.1, 0.15) is 0 Å². The van der Waals surface area contributed by atoms with Crippen molar-refractivity contribution in [2.75, 3.05) is 5.73 Å². The van der Waals surface area contributed by atoms with Crippen molar-refractivity contribution >= 4 is 39.8 Å². The summed E-state index contributed by atoms with van der Waals surface area (Å²) in [5, 5.41) is 9.23. The smallest absolute Gasteiger partial charge is 0.103 e. The van der Waals surface area contributed by atoms with Gasteiger partial charge in [-0.25, -0.2) is 0 Å². The zero-order valence-corrected chi connectivity index (χ0v) is 10.8. The fourth-order valence-corrected chi connectivity index (χ4v) is 2.56. The molecular weight excluding hydrogens is 269 g/mol. The van der Waals surface area contributed by atoms with Crippen LogP contribution in [0.5, 0.6) is 0 Å². The normalized spacial score (nSPS) is 11.0. The van der Waals surface area contributed by atoms with E-state index < -0.39 is 0 Å². The summed E-state index contributed by atoms with van der Waals surface area (Å²) >= 11 is 12.4. The Morgan fingerprint density at radius 2 is 1.67 bits per heavy atom. The van der Waals surface area contributed by atoms with E-state index in [0.717, 1.165) is 16.5 Å². The minimum Gasteiger partial charge on any atom is -0.397 e. The minimum absolute atomic E-state index is 0.568. The number of nitrogens with zero attached hydrogens (tertiary/aromatic N) is 1. The Bertz CT molecular complexity index is 714. The van der Waals surface area contributed by atoms with Gasteiger partial charge in [0.05, 0.1) is 21.2 Å². The number of anilines is 1. The van der Waals surface area contributed by atoms with Gasteiger partial charge in [-0.15, -0.1) is 0 Å². The number of para-hydroxylation sites is 1. The number of aromatic amines is 1. The van der Waals surface area contributed by atoms with Crippen molar-refractivity contribution < 1.29 is 0 Å². The van der Waals surface area contributed by atoms with Crippen molar-refractivity contribution in [2.45, 2.75) is 0 Å². The highest BCUT2D eigenvalue weighted by Gasteiger charge is 2.15. The first kappa shape index (κ1) is 11.4. The molecule has 0 atom stereocenters. The molecule has 3 nitrogen and oxygen atoms in total. The van der Waals surface area contributed by atoms with Crippen LogP contribution in [0.15, 0.2) is 36.4 Å². The number of H-pyrrole nitrogens is 1. The lowest BCUT2D eigenvalue weighted by molar-refractivity contribution is 1.12. The summed E-state index contributed by atoms with van der Waals surface area (Å²) < 4.78 is 0. The number of aromatic nitrogens is 2. The van der Waals surface area contributed by atoms with E-state index in [-0.39, 0.29) is 0 Å². The van der Waals surface area contributed by atoms with Gasteiger partial charge < -0.3 is 5.73 Å². The maximum Gasteiger partial charge on any atom is 0.103 e. The van der Waals surface area contributed by atoms with Crippen LogP contribution >= 0.6 is 23.2 Å². The third-order valence-corrected chi connectivity index (χ3v) is 3.46. The van der Waals surface area contributed by atoms with Crippen LogP contribution in [-0.2, 0) is 0 Å². The highest BCUT2D eigenvalue weighted by Crippen LogP contribution is 2.37. The van der Waals surface area contributed by atoms with Crippen LogP contribution in [0.25, 0.3) is 22.2 Å². The lowest BCUT2D eigenvalue weighted by atomic mass is 10.1. The van der Waals surface area contributed by atoms with Crippen molar-refractivity contribution in [3.8, 4) is 11.3 Å². The minimum atomic E-state index is 0.568. The van der Waals surface area contributed by atoms with Gasteiger partial charge in [0.15, 0.2) is 0 Å². The number of nitrogens with one attached hydrogen (secondary N) is 1. The molecule has 0 saturated carbocycles. The highest BCUT2D eigenvalue weighted by atomic mass is 35.5. The maximum atomic E-state index is 6.19. The number of hydrogen-bond donors (Lipinski definition) is 2. The third kappa shape index (κ3) is 1.64. The number of rotatable bonds is 1. The molecule has 1 heterocycles. The summed E-state index contributed by atoms with van der Waals surface area (Å²) in [7, 11) is 0. The quantitative estimate of drug-likeness (QED) is 0.658. The van der Waals surface area contributed by atoms with Crippen LogP contribution in [-0.4, -0.2) is 10.2 Å². The van der Waals surface area contributed by atoms with Crippen LogP contribution in [0.2, 0.25) is 10.0 Å². The van der Waals surface area contributed by atoms with Gasteiger partial charge in [-0.1, -0.05) is 41.4 Å². The molecule has 18 heavy (non-hydrogen) atoms. The molecule has 0 fully saturated rings. The van der Waals surface area contributed by atoms with Crippen LogP contribution in [0.3, 0.4) is 0 Å². The number of benzene rings is 2. The molecule has 5 heteroatoms. The maximum absolute atomic E-state index is 6.19. The van der Waals surface area contributed by atoms with Gasteiger partial charge in [0.2, 0.25) is 0 Å². The summed E-state index contributed by atoms with van der Waals surface area (Å²) in [5.74, 6) is 0. The molecule has 0 saturated heterocycles. The van der Waals surface area contributed by atoms with E-state index >= 15 is 0 Å². The van der Waals surface area contributed by atoms with Crippen LogP contribution < -0.4 is 5.73 Å². The Labute approximate surface area is 114 Å². The van der Waals surface area contributed by atoms with Crippen molar-refractivity contribution in [3.05, 3.63) is 46.4 Å². The van der Waals surface area contributed by atoms with Gasteiger partial charge in [0, 0.05) is 10.9 Å². The lowest BCUT2D eigenvalue weighted by Gasteiger charge is -2.04. The summed E-state index contributed by atoms with van der Waals surface area (Å²) in [5.41, 5.74) is 8.76. The van der Waals surface area contributed by atoms with E-state index in [1.165, 1.54) is 0 Å². The first-order valence-corrected chi connectivity index (χ1v) is 6.11. The van der Waals surface area contributed by atoms with Crippen molar-refractivity contribution in [2.24, 2.45) is 0 Å². The molecular formula is C13H9Cl2N3. The molecule has 2 aromatic carbocycles. The van der Waals surface area contributed by atoms with Gasteiger partial charge in [-0.2, -0.15) is 5.10 Å². The number of nitrogens with two attached hydrogens (primary N) is 1. The molecule has 3 N–H and O–H groups in total. The predicted octanol–water partition coefficient (Wildman–Crippen LogP) is 4.12. The standard InChI is InChI=1S/C13H9Cl2N3/c14-8-4-2-5-9(15)11(8)13-7-3-1-6-10(16)12(7)17-18-13/h1-6H,16H2,(H,17,18). The Kier molecular flexibility index (Phi) is 2.65. The van der Waals surface area contributed by atoms with Gasteiger partial charge in [-0.3, -0.25) is 5.10 Å². The molecule has 0 aliphatic rings. The largest absolute Gasteiger partial charge is 0.397 e. The fourth-order valence-electron chi connectivity index (χ4n) is 1.98. The van der Waals surface area contributed by atoms with E-state index in [9.17, 15) is 0 Å². The number of hydrogen-bond acceptors (Lipinski definition) is 2. The molecule has 90 valence electrons. The zero-order chi connectivity index (χ0) is 12.7. The average molecular weight is 278 g/mol. The summed E-state index contributed by atoms with van der Waals surface area (Å²) in [6.07, 6.45) is 0. The molecule has 0 radical (unpaired) electrons. The lowest BCUT2D eigenvalue weighted by Crippen LogP contribution is -1.85. The van der Waals surface area contributed by atoms with E-state index in [2.05, 4.69) is 10.2 Å². The SMILES string of the molecule is Nc1cccc2c(-c3c(Cl)cccc3Cl)n[nH]c12. The third-order valence-electron chi connectivity index (χ3n) is 2.83. The number of halogens is 2. The van der Waals surface area contributed by atoms with Gasteiger partial charge in [-0.05, 0) is 18.2 Å². The Morgan fingerprint density at radius 1 is 1.00 bits per heavy atom. The molecule has 0 spiro atoms. The first-order valence-electron chi connectivity index (χ1n) is 5.35. The summed E-state index contributed by atoms with van der Waals surface area (Å²) in [6, 6.07) is 11.0. The van der Waals surface area contributed by atoms with Crippen LogP contribution in [0, 0.1) is 0 Å². The molecule has 0 unspecified atom stereocenters. The highest BCUT2D eigenvalue weighted by molar-refractivity contribution is 6.39. The molecule has 0 aliphatic heterocycles. The van der Waals surface area contributed by atoms with E-state index in [4.69, 9.17) is 28.9 Å². The monoisotopic (exact) mass is 277 g/mol. The van der Waals surface area contributed by atoms with E-state index in [1.54, 1.807) is 18.2 Å². The molecule has 0 amide bonds. The van der Waals surface area contributed by atoms with E-state index in [1.807, 2.05) is 18.2 Å². The Hall–Kier alpha value is -1.71. The first-order chi connectivity index (χ1) is 8.68. The van der Waals surface area contributed by atoms with Crippen molar-refractivity contribution in [1.29, 1.82) is 0 Å². The number of fused-ring (bicyclic) bond motifs is 1. The van der Waals surface area contributed by atoms with Gasteiger partial charge in [0.1, 0.15) is 5.69 Å². The summed E-state index contributed by atoms with van der Waals surface area (Å²) in [6.45, 7) is 0. The van der Waals surface area contributed by atoms with Crippen molar-refractivity contribution in [1.82, 2.24) is 10.2 Å². The second-order valence-corrected chi connectivity index (χ2v) is 4.75.